The van der Waals surface area contributed by atoms with Gasteiger partial charge in [0.1, 0.15) is 0 Å². The molecule has 0 spiro atoms. The summed E-state index contributed by atoms with van der Waals surface area (Å²) in [6.45, 7) is 3.92. The van der Waals surface area contributed by atoms with Crippen molar-refractivity contribution in [2.45, 2.75) is 57.4 Å². The largest absolute Gasteiger partial charge is 0.327 e. The van der Waals surface area contributed by atoms with Gasteiger partial charge in [-0.25, -0.2) is 0 Å². The number of likely N-dealkylation sites (tertiary alicyclic amines) is 1. The van der Waals surface area contributed by atoms with Crippen molar-refractivity contribution in [2.24, 2.45) is 11.7 Å². The molecule has 0 unspecified atom stereocenters. The first-order chi connectivity index (χ1) is 7.36. The zero-order chi connectivity index (χ0) is 10.5. The van der Waals surface area contributed by atoms with Crippen LogP contribution in [-0.4, -0.2) is 30.6 Å². The van der Waals surface area contributed by atoms with Crippen LogP contribution in [0.1, 0.15) is 51.4 Å². The SMILES string of the molecule is N[C@@H]1CCCC[C@H]1CN1CCCCCC1. The fraction of sp³-hybridized carbons (Fsp3) is 1.00. The first-order valence-corrected chi connectivity index (χ1v) is 6.84. The number of nitrogens with two attached hydrogens (primary N) is 1. The molecule has 1 aliphatic carbocycles. The van der Waals surface area contributed by atoms with Crippen molar-refractivity contribution in [3.05, 3.63) is 0 Å². The molecule has 2 N–H and O–H groups in total. The van der Waals surface area contributed by atoms with Crippen LogP contribution >= 0.6 is 0 Å². The van der Waals surface area contributed by atoms with E-state index in [1.165, 1.54) is 71.0 Å². The van der Waals surface area contributed by atoms with Gasteiger partial charge in [-0.3, -0.25) is 0 Å². The van der Waals surface area contributed by atoms with Crippen LogP contribution < -0.4 is 5.73 Å². The summed E-state index contributed by atoms with van der Waals surface area (Å²) >= 11 is 0. The van der Waals surface area contributed by atoms with E-state index in [-0.39, 0.29) is 0 Å². The van der Waals surface area contributed by atoms with Crippen molar-refractivity contribution in [1.29, 1.82) is 0 Å². The highest BCUT2D eigenvalue weighted by molar-refractivity contribution is 4.81. The average Bonchev–Trinajstić information content (AvgIpc) is 2.50. The second-order valence-corrected chi connectivity index (χ2v) is 5.42. The van der Waals surface area contributed by atoms with Crippen LogP contribution in [-0.2, 0) is 0 Å². The highest BCUT2D eigenvalue weighted by atomic mass is 15.1. The maximum Gasteiger partial charge on any atom is 0.00793 e. The van der Waals surface area contributed by atoms with E-state index in [1.807, 2.05) is 0 Å². The Morgan fingerprint density at radius 2 is 1.53 bits per heavy atom. The molecule has 2 heteroatoms. The first kappa shape index (κ1) is 11.4. The second-order valence-electron chi connectivity index (χ2n) is 5.42. The van der Waals surface area contributed by atoms with Crippen molar-refractivity contribution in [1.82, 2.24) is 4.90 Å². The molecule has 0 bridgehead atoms. The third-order valence-electron chi connectivity index (χ3n) is 4.16. The third-order valence-corrected chi connectivity index (χ3v) is 4.16. The van der Waals surface area contributed by atoms with Crippen LogP contribution in [0, 0.1) is 5.92 Å². The molecule has 2 nitrogen and oxygen atoms in total. The van der Waals surface area contributed by atoms with Gasteiger partial charge in [-0.15, -0.1) is 0 Å². The van der Waals surface area contributed by atoms with Crippen LogP contribution in [0.3, 0.4) is 0 Å². The molecule has 1 heterocycles. The normalized spacial score (nSPS) is 35.0. The summed E-state index contributed by atoms with van der Waals surface area (Å²) < 4.78 is 0. The van der Waals surface area contributed by atoms with Crippen LogP contribution in [0.4, 0.5) is 0 Å². The topological polar surface area (TPSA) is 29.3 Å². The quantitative estimate of drug-likeness (QED) is 0.758. The molecule has 0 amide bonds. The lowest BCUT2D eigenvalue weighted by Crippen LogP contribution is -2.41. The lowest BCUT2D eigenvalue weighted by molar-refractivity contribution is 0.189. The molecular formula is C13H26N2. The molecule has 15 heavy (non-hydrogen) atoms. The highest BCUT2D eigenvalue weighted by Gasteiger charge is 2.24. The fourth-order valence-electron chi connectivity index (χ4n) is 3.11. The van der Waals surface area contributed by atoms with Gasteiger partial charge >= 0.3 is 0 Å². The monoisotopic (exact) mass is 210 g/mol. The molecule has 2 aliphatic rings. The third kappa shape index (κ3) is 3.46. The maximum atomic E-state index is 6.21. The standard InChI is InChI=1S/C13H26N2/c14-13-8-4-3-7-12(13)11-15-9-5-1-2-6-10-15/h12-13H,1-11,14H2/t12-,13+/m0/s1. The Bertz CT molecular complexity index is 173. The van der Waals surface area contributed by atoms with Gasteiger partial charge in [-0.1, -0.05) is 25.7 Å². The number of nitrogens with zero attached hydrogens (tertiary/aromatic N) is 1. The Kier molecular flexibility index (Phi) is 4.45. The molecule has 1 saturated carbocycles. The summed E-state index contributed by atoms with van der Waals surface area (Å²) in [4.78, 5) is 2.67. The molecule has 0 radical (unpaired) electrons. The predicted molar refractivity (Wildman–Crippen MR) is 64.8 cm³/mol. The zero-order valence-electron chi connectivity index (χ0n) is 9.96. The van der Waals surface area contributed by atoms with Crippen molar-refractivity contribution >= 4 is 0 Å². The van der Waals surface area contributed by atoms with E-state index in [4.69, 9.17) is 5.73 Å². The summed E-state index contributed by atoms with van der Waals surface area (Å²) in [7, 11) is 0. The number of rotatable bonds is 2. The van der Waals surface area contributed by atoms with Gasteiger partial charge in [-0.2, -0.15) is 0 Å². The van der Waals surface area contributed by atoms with Gasteiger partial charge in [-0.05, 0) is 44.7 Å². The fourth-order valence-corrected chi connectivity index (χ4v) is 3.11. The van der Waals surface area contributed by atoms with Crippen LogP contribution in [0.5, 0.6) is 0 Å². The van der Waals surface area contributed by atoms with Crippen LogP contribution in [0.2, 0.25) is 0 Å². The Labute approximate surface area is 94.2 Å². The Balaban J connectivity index is 1.78. The summed E-state index contributed by atoms with van der Waals surface area (Å²) in [5, 5.41) is 0. The predicted octanol–water partition coefficient (Wildman–Crippen LogP) is 2.38. The number of hydrogen-bond acceptors (Lipinski definition) is 2. The molecule has 0 aromatic carbocycles. The van der Waals surface area contributed by atoms with Crippen molar-refractivity contribution < 1.29 is 0 Å². The van der Waals surface area contributed by atoms with Gasteiger partial charge in [0.05, 0.1) is 0 Å². The molecule has 0 aromatic rings. The van der Waals surface area contributed by atoms with Gasteiger partial charge < -0.3 is 10.6 Å². The van der Waals surface area contributed by atoms with Gasteiger partial charge in [0, 0.05) is 12.6 Å². The lowest BCUT2D eigenvalue weighted by atomic mass is 9.84. The molecule has 1 aliphatic heterocycles. The molecular weight excluding hydrogens is 184 g/mol. The maximum absolute atomic E-state index is 6.21. The molecule has 88 valence electrons. The average molecular weight is 210 g/mol. The Morgan fingerprint density at radius 1 is 0.867 bits per heavy atom. The van der Waals surface area contributed by atoms with Gasteiger partial charge in [0.25, 0.3) is 0 Å². The first-order valence-electron chi connectivity index (χ1n) is 6.84. The van der Waals surface area contributed by atoms with E-state index in [2.05, 4.69) is 4.90 Å². The van der Waals surface area contributed by atoms with Crippen molar-refractivity contribution in [3.8, 4) is 0 Å². The van der Waals surface area contributed by atoms with E-state index in [0.717, 1.165) is 5.92 Å². The summed E-state index contributed by atoms with van der Waals surface area (Å²) in [6.07, 6.45) is 11.1. The molecule has 2 fully saturated rings. The molecule has 2 rings (SSSR count). The smallest absolute Gasteiger partial charge is 0.00793 e. The summed E-state index contributed by atoms with van der Waals surface area (Å²) in [6, 6.07) is 0.488. The Morgan fingerprint density at radius 3 is 2.20 bits per heavy atom. The van der Waals surface area contributed by atoms with E-state index < -0.39 is 0 Å². The minimum atomic E-state index is 0.488. The van der Waals surface area contributed by atoms with Crippen LogP contribution in [0.25, 0.3) is 0 Å². The second kappa shape index (κ2) is 5.86. The minimum absolute atomic E-state index is 0.488. The highest BCUT2D eigenvalue weighted by Crippen LogP contribution is 2.24. The van der Waals surface area contributed by atoms with E-state index in [1.54, 1.807) is 0 Å². The number of hydrogen-bond donors (Lipinski definition) is 1. The van der Waals surface area contributed by atoms with Crippen molar-refractivity contribution in [2.75, 3.05) is 19.6 Å². The Hall–Kier alpha value is -0.0800. The zero-order valence-corrected chi connectivity index (χ0v) is 9.96. The van der Waals surface area contributed by atoms with E-state index in [9.17, 15) is 0 Å². The van der Waals surface area contributed by atoms with E-state index in [0.29, 0.717) is 6.04 Å². The minimum Gasteiger partial charge on any atom is -0.327 e. The molecule has 1 saturated heterocycles. The summed E-state index contributed by atoms with van der Waals surface area (Å²) in [5.74, 6) is 0.789. The molecule has 2 atom stereocenters. The van der Waals surface area contributed by atoms with Gasteiger partial charge in [0.2, 0.25) is 0 Å². The molecule has 0 aromatic heterocycles. The van der Waals surface area contributed by atoms with Crippen LogP contribution in [0.15, 0.2) is 0 Å². The van der Waals surface area contributed by atoms with Gasteiger partial charge in [0.15, 0.2) is 0 Å². The van der Waals surface area contributed by atoms with E-state index >= 15 is 0 Å². The summed E-state index contributed by atoms with van der Waals surface area (Å²) in [5.41, 5.74) is 6.21. The lowest BCUT2D eigenvalue weighted by Gasteiger charge is -2.33. The van der Waals surface area contributed by atoms with Crippen molar-refractivity contribution in [3.63, 3.8) is 0 Å².